The molecule has 1 saturated heterocycles. The Morgan fingerprint density at radius 2 is 1.94 bits per heavy atom. The first-order valence-corrected chi connectivity index (χ1v) is 10.2. The van der Waals surface area contributed by atoms with Crippen LogP contribution in [0.4, 0.5) is 16.2 Å². The summed E-state index contributed by atoms with van der Waals surface area (Å²) in [4.78, 5) is 30.7. The van der Waals surface area contributed by atoms with E-state index in [1.54, 1.807) is 28.8 Å². The number of anilines is 1. The molecule has 0 spiro atoms. The van der Waals surface area contributed by atoms with Gasteiger partial charge in [-0.3, -0.25) is 9.69 Å². The molecular weight excluding hydrogens is 406 g/mol. The molecule has 0 saturated carbocycles. The maximum atomic E-state index is 12.7. The standard InChI is InChI=1S/C24H23N5O3/c1-16-14-19(28-12-13-32-24(28)31)8-9-21(16)29-11-10-22(30)23(27-29)20(15-17(2)25)26-18-6-4-3-5-7-18/h3-11,14-15H,12-13,25H2,1-2H3. The van der Waals surface area contributed by atoms with Crippen molar-refractivity contribution in [1.82, 2.24) is 9.78 Å². The van der Waals surface area contributed by atoms with Crippen LogP contribution in [0.25, 0.3) is 5.69 Å². The van der Waals surface area contributed by atoms with Gasteiger partial charge < -0.3 is 10.5 Å². The summed E-state index contributed by atoms with van der Waals surface area (Å²) in [6.45, 7) is 4.54. The van der Waals surface area contributed by atoms with Crippen LogP contribution >= 0.6 is 0 Å². The number of carbonyl (C=O) groups is 1. The van der Waals surface area contributed by atoms with Gasteiger partial charge >= 0.3 is 6.09 Å². The smallest absolute Gasteiger partial charge is 0.414 e. The number of amides is 1. The van der Waals surface area contributed by atoms with Crippen molar-refractivity contribution in [3.63, 3.8) is 0 Å². The summed E-state index contributed by atoms with van der Waals surface area (Å²) < 4.78 is 6.64. The van der Waals surface area contributed by atoms with Crippen LogP contribution in [0.5, 0.6) is 0 Å². The Balaban J connectivity index is 1.77. The third kappa shape index (κ3) is 4.44. The van der Waals surface area contributed by atoms with Gasteiger partial charge in [-0.15, -0.1) is 0 Å². The number of aliphatic imine (C=N–C) groups is 1. The number of allylic oxidation sites excluding steroid dienone is 2. The molecule has 2 aromatic carbocycles. The van der Waals surface area contributed by atoms with Crippen LogP contribution in [0, 0.1) is 6.92 Å². The molecule has 2 heterocycles. The highest BCUT2D eigenvalue weighted by Crippen LogP contribution is 2.24. The Morgan fingerprint density at radius 3 is 2.59 bits per heavy atom. The van der Waals surface area contributed by atoms with Crippen LogP contribution in [0.1, 0.15) is 18.2 Å². The van der Waals surface area contributed by atoms with Gasteiger partial charge in [0.05, 0.1) is 23.6 Å². The molecule has 32 heavy (non-hydrogen) atoms. The van der Waals surface area contributed by atoms with Gasteiger partial charge in [-0.05, 0) is 55.8 Å². The first-order valence-electron chi connectivity index (χ1n) is 10.2. The summed E-state index contributed by atoms with van der Waals surface area (Å²) in [6.07, 6.45) is 2.89. The number of cyclic esters (lactones) is 1. The van der Waals surface area contributed by atoms with Crippen molar-refractivity contribution in [2.24, 2.45) is 10.7 Å². The SMILES string of the molecule is CC(N)=CC(=Nc1ccccc1)c1nn(-c2ccc(N3CCOC3=O)cc2C)ccc1=O. The molecule has 3 aromatic rings. The highest BCUT2D eigenvalue weighted by Gasteiger charge is 2.24. The van der Waals surface area contributed by atoms with Gasteiger partial charge in [-0.25, -0.2) is 14.5 Å². The predicted octanol–water partition coefficient (Wildman–Crippen LogP) is 3.48. The fourth-order valence-electron chi connectivity index (χ4n) is 3.42. The van der Waals surface area contributed by atoms with E-state index in [9.17, 15) is 9.59 Å². The van der Waals surface area contributed by atoms with E-state index in [1.165, 1.54) is 6.07 Å². The molecule has 1 aliphatic heterocycles. The van der Waals surface area contributed by atoms with Crippen LogP contribution < -0.4 is 16.1 Å². The molecule has 1 aliphatic rings. The zero-order valence-corrected chi connectivity index (χ0v) is 17.9. The normalized spacial score (nSPS) is 14.6. The maximum absolute atomic E-state index is 12.7. The molecule has 0 aliphatic carbocycles. The average molecular weight is 429 g/mol. The molecule has 8 nitrogen and oxygen atoms in total. The number of rotatable bonds is 5. The third-order valence-corrected chi connectivity index (χ3v) is 4.92. The van der Waals surface area contributed by atoms with E-state index in [1.807, 2.05) is 55.5 Å². The van der Waals surface area contributed by atoms with Crippen LogP contribution in [0.2, 0.25) is 0 Å². The van der Waals surface area contributed by atoms with Gasteiger partial charge in [-0.2, -0.15) is 5.10 Å². The largest absolute Gasteiger partial charge is 0.447 e. The molecule has 0 unspecified atom stereocenters. The topological polar surface area (TPSA) is 103 Å². The third-order valence-electron chi connectivity index (χ3n) is 4.92. The Morgan fingerprint density at radius 1 is 1.16 bits per heavy atom. The van der Waals surface area contributed by atoms with E-state index >= 15 is 0 Å². The molecule has 162 valence electrons. The molecule has 0 bridgehead atoms. The van der Waals surface area contributed by atoms with Crippen molar-refractivity contribution in [2.75, 3.05) is 18.1 Å². The number of benzene rings is 2. The van der Waals surface area contributed by atoms with Crippen molar-refractivity contribution >= 4 is 23.2 Å². The molecule has 1 aromatic heterocycles. The van der Waals surface area contributed by atoms with Crippen molar-refractivity contribution < 1.29 is 9.53 Å². The van der Waals surface area contributed by atoms with E-state index < -0.39 is 0 Å². The lowest BCUT2D eigenvalue weighted by atomic mass is 10.1. The quantitative estimate of drug-likeness (QED) is 0.626. The Bertz CT molecular complexity index is 1270. The van der Waals surface area contributed by atoms with Crippen molar-refractivity contribution in [3.8, 4) is 5.69 Å². The highest BCUT2D eigenvalue weighted by atomic mass is 16.6. The molecule has 1 amide bonds. The summed E-state index contributed by atoms with van der Waals surface area (Å²) in [7, 11) is 0. The van der Waals surface area contributed by atoms with Gasteiger partial charge in [0.2, 0.25) is 5.43 Å². The van der Waals surface area contributed by atoms with E-state index in [2.05, 4.69) is 10.1 Å². The van der Waals surface area contributed by atoms with Crippen LogP contribution in [-0.4, -0.2) is 34.7 Å². The van der Waals surface area contributed by atoms with Gasteiger partial charge in [0, 0.05) is 23.6 Å². The minimum atomic E-state index is -0.355. The molecular formula is C24H23N5O3. The van der Waals surface area contributed by atoms with E-state index in [0.29, 0.717) is 30.2 Å². The summed E-state index contributed by atoms with van der Waals surface area (Å²) in [5, 5.41) is 4.56. The van der Waals surface area contributed by atoms with Gasteiger partial charge in [0.25, 0.3) is 0 Å². The second-order valence-corrected chi connectivity index (χ2v) is 7.43. The number of aryl methyl sites for hydroxylation is 1. The van der Waals surface area contributed by atoms with Gasteiger partial charge in [0.15, 0.2) is 5.69 Å². The lowest BCUT2D eigenvalue weighted by Gasteiger charge is -2.16. The maximum Gasteiger partial charge on any atom is 0.414 e. The zero-order chi connectivity index (χ0) is 22.7. The fraction of sp³-hybridized carbons (Fsp3) is 0.167. The fourth-order valence-corrected chi connectivity index (χ4v) is 3.42. The van der Waals surface area contributed by atoms with E-state index in [4.69, 9.17) is 10.5 Å². The van der Waals surface area contributed by atoms with Gasteiger partial charge in [-0.1, -0.05) is 18.2 Å². The van der Waals surface area contributed by atoms with Crippen molar-refractivity contribution in [2.45, 2.75) is 13.8 Å². The van der Waals surface area contributed by atoms with E-state index in [0.717, 1.165) is 16.9 Å². The number of hydrogen-bond donors (Lipinski definition) is 1. The number of aromatic nitrogens is 2. The Labute approximate surface area is 185 Å². The molecule has 8 heteroatoms. The second-order valence-electron chi connectivity index (χ2n) is 7.43. The van der Waals surface area contributed by atoms with Crippen LogP contribution in [0.15, 0.2) is 82.4 Å². The monoisotopic (exact) mass is 429 g/mol. The molecule has 1 fully saturated rings. The summed E-state index contributed by atoms with van der Waals surface area (Å²) in [5.74, 6) is 0. The Hall–Kier alpha value is -4.20. The minimum Gasteiger partial charge on any atom is -0.447 e. The molecule has 2 N–H and O–H groups in total. The highest BCUT2D eigenvalue weighted by molar-refractivity contribution is 6.08. The second kappa shape index (κ2) is 8.89. The molecule has 4 rings (SSSR count). The lowest BCUT2D eigenvalue weighted by Crippen LogP contribution is -2.24. The van der Waals surface area contributed by atoms with Crippen LogP contribution in [0.3, 0.4) is 0 Å². The molecule has 0 radical (unpaired) electrons. The number of carbonyl (C=O) groups excluding carboxylic acids is 1. The first kappa shape index (κ1) is 21.0. The lowest BCUT2D eigenvalue weighted by molar-refractivity contribution is 0.181. The van der Waals surface area contributed by atoms with Crippen molar-refractivity contribution in [3.05, 3.63) is 94.0 Å². The number of ether oxygens (including phenoxy) is 1. The first-order chi connectivity index (χ1) is 15.4. The van der Waals surface area contributed by atoms with Gasteiger partial charge in [0.1, 0.15) is 6.61 Å². The summed E-state index contributed by atoms with van der Waals surface area (Å²) in [6, 6.07) is 16.3. The Kier molecular flexibility index (Phi) is 5.85. The summed E-state index contributed by atoms with van der Waals surface area (Å²) in [5.41, 5.74) is 9.81. The summed E-state index contributed by atoms with van der Waals surface area (Å²) >= 11 is 0. The number of nitrogens with two attached hydrogens (primary N) is 1. The average Bonchev–Trinajstić information content (AvgIpc) is 3.20. The zero-order valence-electron chi connectivity index (χ0n) is 17.9. The number of nitrogens with zero attached hydrogens (tertiary/aromatic N) is 4. The number of para-hydroxylation sites is 1. The van der Waals surface area contributed by atoms with E-state index in [-0.39, 0.29) is 17.2 Å². The predicted molar refractivity (Wildman–Crippen MR) is 124 cm³/mol. The minimum absolute atomic E-state index is 0.188. The van der Waals surface area contributed by atoms with Crippen molar-refractivity contribution in [1.29, 1.82) is 0 Å². The van der Waals surface area contributed by atoms with Crippen LogP contribution in [-0.2, 0) is 4.74 Å². The number of hydrogen-bond acceptors (Lipinski definition) is 6. The molecule has 0 atom stereocenters.